The fourth-order valence-corrected chi connectivity index (χ4v) is 6.33. The lowest BCUT2D eigenvalue weighted by molar-refractivity contribution is -0.140. The highest BCUT2D eigenvalue weighted by Crippen LogP contribution is 2.58. The van der Waals surface area contributed by atoms with Gasteiger partial charge in [0.1, 0.15) is 17.4 Å². The minimum absolute atomic E-state index is 0.0107. The molecule has 2 unspecified atom stereocenters. The van der Waals surface area contributed by atoms with E-state index in [0.717, 1.165) is 11.1 Å². The Labute approximate surface area is 216 Å². The second-order valence-corrected chi connectivity index (χ2v) is 10.0. The van der Waals surface area contributed by atoms with E-state index in [4.69, 9.17) is 9.47 Å². The number of fused-ring (bicyclic) bond motifs is 1. The highest BCUT2D eigenvalue weighted by Gasteiger charge is 2.74. The molecule has 196 valence electrons. The van der Waals surface area contributed by atoms with E-state index in [0.29, 0.717) is 36.6 Å². The number of β-amino-alcohol motifs (C(OH)–C–C–N with tert-alkyl or cyclic N) is 1. The summed E-state index contributed by atoms with van der Waals surface area (Å²) in [6, 6.07) is 11.8. The Balaban J connectivity index is 1.42. The Kier molecular flexibility index (Phi) is 6.68. The Hall–Kier alpha value is -3.43. The zero-order valence-electron chi connectivity index (χ0n) is 21.3. The number of hydrogen-bond acceptors (Lipinski definition) is 6. The molecular formula is C28H33N3O6. The number of amides is 3. The second kappa shape index (κ2) is 9.79. The number of nitrogens with zero attached hydrogens (tertiary/aromatic N) is 1. The number of para-hydroxylation sites is 1. The van der Waals surface area contributed by atoms with Crippen LogP contribution in [-0.2, 0) is 19.1 Å². The lowest BCUT2D eigenvalue weighted by atomic mass is 9.70. The van der Waals surface area contributed by atoms with Crippen molar-refractivity contribution in [3.63, 3.8) is 0 Å². The predicted molar refractivity (Wildman–Crippen MR) is 137 cm³/mol. The third kappa shape index (κ3) is 4.16. The number of hydrogen-bond donors (Lipinski definition) is 3. The van der Waals surface area contributed by atoms with Gasteiger partial charge in [-0.1, -0.05) is 18.2 Å². The lowest BCUT2D eigenvalue weighted by Gasteiger charge is -2.33. The topological polar surface area (TPSA) is 117 Å². The van der Waals surface area contributed by atoms with Crippen LogP contribution in [0.3, 0.4) is 0 Å². The molecule has 0 aliphatic carbocycles. The largest absolute Gasteiger partial charge is 0.494 e. The summed E-state index contributed by atoms with van der Waals surface area (Å²) in [4.78, 5) is 42.3. The van der Waals surface area contributed by atoms with Crippen LogP contribution in [0.1, 0.15) is 30.9 Å². The highest BCUT2D eigenvalue weighted by atomic mass is 16.5. The summed E-state index contributed by atoms with van der Waals surface area (Å²) in [5.74, 6) is -1.83. The molecule has 3 N–H and O–H groups in total. The number of likely N-dealkylation sites (tertiary alicyclic amines) is 1. The molecule has 0 aromatic heterocycles. The first-order valence-electron chi connectivity index (χ1n) is 12.8. The molecule has 9 heteroatoms. The standard InChI is InChI=1S/C28H33N3O6/c1-4-36-19-10-8-18(9-11-19)29-25(33)21-20-12-13-28(37-20)22(21)27(35)31(14-15-32)24(28)26(34)30-23-16(2)6-5-7-17(23)3/h5-11,20-22,24,32H,4,12-15H2,1-3H3,(H,29,33)(H,30,34)/t20-,21+,22+,24?,28?/m1/s1. The maximum absolute atomic E-state index is 13.7. The maximum atomic E-state index is 13.7. The van der Waals surface area contributed by atoms with Crippen LogP contribution in [-0.4, -0.2) is 65.2 Å². The Morgan fingerprint density at radius 1 is 1.11 bits per heavy atom. The predicted octanol–water partition coefficient (Wildman–Crippen LogP) is 2.65. The van der Waals surface area contributed by atoms with Crippen molar-refractivity contribution in [1.29, 1.82) is 0 Å². The van der Waals surface area contributed by atoms with Gasteiger partial charge >= 0.3 is 0 Å². The van der Waals surface area contributed by atoms with Crippen molar-refractivity contribution < 1.29 is 29.0 Å². The summed E-state index contributed by atoms with van der Waals surface area (Å²) < 4.78 is 11.9. The number of carbonyl (C=O) groups is 3. The molecule has 3 saturated heterocycles. The molecule has 2 bridgehead atoms. The van der Waals surface area contributed by atoms with Gasteiger partial charge in [-0.2, -0.15) is 0 Å². The Bertz CT molecular complexity index is 1190. The van der Waals surface area contributed by atoms with Gasteiger partial charge in [-0.3, -0.25) is 14.4 Å². The normalized spacial score (nSPS) is 27.8. The molecule has 5 atom stereocenters. The van der Waals surface area contributed by atoms with Gasteiger partial charge in [0.05, 0.1) is 31.2 Å². The van der Waals surface area contributed by atoms with E-state index in [1.54, 1.807) is 24.3 Å². The third-order valence-corrected chi connectivity index (χ3v) is 7.85. The van der Waals surface area contributed by atoms with Crippen molar-refractivity contribution >= 4 is 29.1 Å². The molecule has 2 aromatic carbocycles. The molecule has 3 aliphatic rings. The van der Waals surface area contributed by atoms with Crippen LogP contribution in [0.25, 0.3) is 0 Å². The van der Waals surface area contributed by atoms with Crippen molar-refractivity contribution in [1.82, 2.24) is 4.90 Å². The van der Waals surface area contributed by atoms with Crippen LogP contribution >= 0.6 is 0 Å². The molecule has 3 fully saturated rings. The molecule has 37 heavy (non-hydrogen) atoms. The van der Waals surface area contributed by atoms with Crippen LogP contribution in [0, 0.1) is 25.7 Å². The first-order valence-corrected chi connectivity index (χ1v) is 12.8. The summed E-state index contributed by atoms with van der Waals surface area (Å²) in [6.07, 6.45) is 0.613. The van der Waals surface area contributed by atoms with Crippen LogP contribution in [0.15, 0.2) is 42.5 Å². The van der Waals surface area contributed by atoms with Crippen molar-refractivity contribution in [2.24, 2.45) is 11.8 Å². The number of rotatable bonds is 8. The maximum Gasteiger partial charge on any atom is 0.250 e. The quantitative estimate of drug-likeness (QED) is 0.506. The van der Waals surface area contributed by atoms with E-state index < -0.39 is 29.6 Å². The van der Waals surface area contributed by atoms with E-state index >= 15 is 0 Å². The fourth-order valence-electron chi connectivity index (χ4n) is 6.33. The Morgan fingerprint density at radius 2 is 1.81 bits per heavy atom. The molecule has 0 saturated carbocycles. The number of carbonyl (C=O) groups excluding carboxylic acids is 3. The molecule has 3 amide bonds. The number of aliphatic hydroxyl groups is 1. The smallest absolute Gasteiger partial charge is 0.250 e. The molecule has 3 aliphatic heterocycles. The summed E-state index contributed by atoms with van der Waals surface area (Å²) in [6.45, 7) is 5.95. The van der Waals surface area contributed by atoms with Gasteiger partial charge in [-0.05, 0) is 69.0 Å². The summed E-state index contributed by atoms with van der Waals surface area (Å²) in [7, 11) is 0. The van der Waals surface area contributed by atoms with E-state index in [9.17, 15) is 19.5 Å². The van der Waals surface area contributed by atoms with Gasteiger partial charge < -0.3 is 30.1 Å². The fraction of sp³-hybridized carbons (Fsp3) is 0.464. The molecule has 0 radical (unpaired) electrons. The van der Waals surface area contributed by atoms with Gasteiger partial charge in [-0.25, -0.2) is 0 Å². The summed E-state index contributed by atoms with van der Waals surface area (Å²) in [5, 5.41) is 15.7. The van der Waals surface area contributed by atoms with Gasteiger partial charge in [-0.15, -0.1) is 0 Å². The molecule has 2 aromatic rings. The van der Waals surface area contributed by atoms with Crippen molar-refractivity contribution in [3.05, 3.63) is 53.6 Å². The average molecular weight is 508 g/mol. The number of nitrogens with one attached hydrogen (secondary N) is 2. The summed E-state index contributed by atoms with van der Waals surface area (Å²) >= 11 is 0. The number of anilines is 2. The second-order valence-electron chi connectivity index (χ2n) is 10.0. The number of aliphatic hydroxyl groups excluding tert-OH is 1. The van der Waals surface area contributed by atoms with E-state index in [1.165, 1.54) is 4.90 Å². The molecule has 3 heterocycles. The van der Waals surface area contributed by atoms with Crippen molar-refractivity contribution in [2.75, 3.05) is 30.4 Å². The molecule has 1 spiro atoms. The number of benzene rings is 2. The molecular weight excluding hydrogens is 474 g/mol. The van der Waals surface area contributed by atoms with E-state index in [1.807, 2.05) is 39.0 Å². The van der Waals surface area contributed by atoms with Crippen LogP contribution < -0.4 is 15.4 Å². The minimum Gasteiger partial charge on any atom is -0.494 e. The van der Waals surface area contributed by atoms with Gasteiger partial charge in [0, 0.05) is 17.9 Å². The van der Waals surface area contributed by atoms with Crippen molar-refractivity contribution in [3.8, 4) is 5.75 Å². The average Bonchev–Trinajstić information content (AvgIpc) is 3.51. The first-order chi connectivity index (χ1) is 17.8. The number of aryl methyl sites for hydroxylation is 2. The van der Waals surface area contributed by atoms with E-state index in [-0.39, 0.29) is 30.9 Å². The zero-order valence-corrected chi connectivity index (χ0v) is 21.3. The molecule has 5 rings (SSSR count). The van der Waals surface area contributed by atoms with Gasteiger partial charge in [0.2, 0.25) is 17.7 Å². The van der Waals surface area contributed by atoms with Crippen LogP contribution in [0.4, 0.5) is 11.4 Å². The van der Waals surface area contributed by atoms with Crippen LogP contribution in [0.5, 0.6) is 5.75 Å². The first kappa shape index (κ1) is 25.2. The van der Waals surface area contributed by atoms with Crippen LogP contribution in [0.2, 0.25) is 0 Å². The summed E-state index contributed by atoms with van der Waals surface area (Å²) in [5.41, 5.74) is 1.99. The molecule has 9 nitrogen and oxygen atoms in total. The highest BCUT2D eigenvalue weighted by molar-refractivity contribution is 6.05. The SMILES string of the molecule is CCOc1ccc(NC(=O)[C@@H]2[C@H]3C(=O)N(CCO)C(C(=O)Nc4c(C)cccc4C)C34CC[C@H]2O4)cc1. The lowest BCUT2D eigenvalue weighted by Crippen LogP contribution is -2.53. The van der Waals surface area contributed by atoms with Gasteiger partial charge in [0.15, 0.2) is 0 Å². The Morgan fingerprint density at radius 3 is 2.46 bits per heavy atom. The number of ether oxygens (including phenoxy) is 2. The van der Waals surface area contributed by atoms with E-state index in [2.05, 4.69) is 10.6 Å². The monoisotopic (exact) mass is 507 g/mol. The minimum atomic E-state index is -1.11. The van der Waals surface area contributed by atoms with Crippen molar-refractivity contribution in [2.45, 2.75) is 51.4 Å². The van der Waals surface area contributed by atoms with Gasteiger partial charge in [0.25, 0.3) is 0 Å². The zero-order chi connectivity index (χ0) is 26.3. The third-order valence-electron chi connectivity index (χ3n) is 7.85.